The van der Waals surface area contributed by atoms with Crippen LogP contribution in [0.3, 0.4) is 0 Å². The number of carbonyl (C=O) groups is 1. The maximum absolute atomic E-state index is 12.8. The third kappa shape index (κ3) is 6.09. The van der Waals surface area contributed by atoms with Crippen molar-refractivity contribution in [2.75, 3.05) is 26.8 Å². The van der Waals surface area contributed by atoms with E-state index in [0.717, 1.165) is 50.1 Å². The van der Waals surface area contributed by atoms with Gasteiger partial charge in [0, 0.05) is 13.7 Å². The Morgan fingerprint density at radius 2 is 1.81 bits per heavy atom. The monoisotopic (exact) mass is 396 g/mol. The molecule has 2 fully saturated rings. The van der Waals surface area contributed by atoms with Crippen LogP contribution in [0.25, 0.3) is 0 Å². The molecule has 1 aliphatic carbocycles. The normalized spacial score (nSPS) is 19.7. The minimum Gasteiger partial charge on any atom is -0.490 e. The minimum absolute atomic E-state index is 0. The second-order valence-corrected chi connectivity index (χ2v) is 7.67. The molecule has 152 valence electrons. The maximum atomic E-state index is 12.8. The predicted octanol–water partition coefficient (Wildman–Crippen LogP) is 3.45. The van der Waals surface area contributed by atoms with Crippen LogP contribution in [0.4, 0.5) is 0 Å². The molecule has 1 heterocycles. The van der Waals surface area contributed by atoms with Gasteiger partial charge in [0.25, 0.3) is 0 Å². The van der Waals surface area contributed by atoms with E-state index in [0.29, 0.717) is 19.3 Å². The Labute approximate surface area is 169 Å². The lowest BCUT2D eigenvalue weighted by molar-refractivity contribution is -0.136. The first-order chi connectivity index (χ1) is 12.7. The van der Waals surface area contributed by atoms with Crippen molar-refractivity contribution in [2.24, 2.45) is 5.41 Å². The van der Waals surface area contributed by atoms with Crippen molar-refractivity contribution in [3.05, 3.63) is 29.8 Å². The van der Waals surface area contributed by atoms with Crippen LogP contribution in [0, 0.1) is 5.41 Å². The van der Waals surface area contributed by atoms with Gasteiger partial charge in [0.2, 0.25) is 5.91 Å². The predicted molar refractivity (Wildman–Crippen MR) is 109 cm³/mol. The van der Waals surface area contributed by atoms with Gasteiger partial charge in [0.05, 0.1) is 18.1 Å². The van der Waals surface area contributed by atoms with E-state index in [9.17, 15) is 4.79 Å². The minimum atomic E-state index is -0.399. The van der Waals surface area contributed by atoms with Gasteiger partial charge >= 0.3 is 0 Å². The first-order valence-corrected chi connectivity index (χ1v) is 9.95. The summed E-state index contributed by atoms with van der Waals surface area (Å²) in [5, 5.41) is 6.42. The summed E-state index contributed by atoms with van der Waals surface area (Å²) < 4.78 is 11.4. The van der Waals surface area contributed by atoms with Crippen LogP contribution in [-0.4, -0.2) is 38.8 Å². The maximum Gasteiger partial charge on any atom is 0.228 e. The van der Waals surface area contributed by atoms with E-state index in [1.807, 2.05) is 24.3 Å². The number of nitrogens with one attached hydrogen (secondary N) is 2. The highest BCUT2D eigenvalue weighted by atomic mass is 35.5. The third-order valence-corrected chi connectivity index (χ3v) is 5.69. The highest BCUT2D eigenvalue weighted by Gasteiger charge is 2.39. The third-order valence-electron chi connectivity index (χ3n) is 5.69. The summed E-state index contributed by atoms with van der Waals surface area (Å²) in [6.07, 6.45) is 8.20. The Kier molecular flexibility index (Phi) is 8.87. The number of rotatable bonds is 7. The van der Waals surface area contributed by atoms with E-state index < -0.39 is 5.41 Å². The van der Waals surface area contributed by atoms with Crippen molar-refractivity contribution in [3.8, 4) is 5.75 Å². The molecule has 6 heteroatoms. The van der Waals surface area contributed by atoms with Gasteiger partial charge in [-0.1, -0.05) is 18.6 Å². The molecule has 3 rings (SSSR count). The molecule has 0 radical (unpaired) electrons. The highest BCUT2D eigenvalue weighted by Crippen LogP contribution is 2.29. The summed E-state index contributed by atoms with van der Waals surface area (Å²) in [5.74, 6) is 1.03. The summed E-state index contributed by atoms with van der Waals surface area (Å²) in [6.45, 7) is 2.75. The van der Waals surface area contributed by atoms with E-state index in [-0.39, 0.29) is 18.3 Å². The quantitative estimate of drug-likeness (QED) is 0.741. The fourth-order valence-corrected chi connectivity index (χ4v) is 4.05. The number of methoxy groups -OCH3 is 1. The lowest BCUT2D eigenvalue weighted by Gasteiger charge is -2.35. The molecule has 0 aromatic heterocycles. The number of hydrogen-bond acceptors (Lipinski definition) is 4. The van der Waals surface area contributed by atoms with Gasteiger partial charge in [-0.3, -0.25) is 4.79 Å². The molecule has 1 saturated heterocycles. The SMILES string of the molecule is COCC1(C(=O)NCc2ccc(OC3CCCCC3)cc2)CCNCC1.Cl. The Morgan fingerprint density at radius 3 is 2.44 bits per heavy atom. The molecular weight excluding hydrogens is 364 g/mol. The summed E-state index contributed by atoms with van der Waals surface area (Å²) in [4.78, 5) is 12.8. The summed E-state index contributed by atoms with van der Waals surface area (Å²) >= 11 is 0. The average molecular weight is 397 g/mol. The smallest absolute Gasteiger partial charge is 0.228 e. The molecule has 1 amide bonds. The van der Waals surface area contributed by atoms with E-state index in [1.54, 1.807) is 7.11 Å². The van der Waals surface area contributed by atoms with Crippen LogP contribution in [-0.2, 0) is 16.1 Å². The number of hydrogen-bond donors (Lipinski definition) is 2. The summed E-state index contributed by atoms with van der Waals surface area (Å²) in [6, 6.07) is 8.13. The van der Waals surface area contributed by atoms with E-state index in [1.165, 1.54) is 19.3 Å². The summed E-state index contributed by atoms with van der Waals surface area (Å²) in [7, 11) is 1.67. The van der Waals surface area contributed by atoms with Gasteiger partial charge in [0.15, 0.2) is 0 Å². The molecule has 2 aliphatic rings. The fourth-order valence-electron chi connectivity index (χ4n) is 4.05. The largest absolute Gasteiger partial charge is 0.490 e. The van der Waals surface area contributed by atoms with E-state index in [4.69, 9.17) is 9.47 Å². The molecule has 0 unspecified atom stereocenters. The standard InChI is InChI=1S/C21H32N2O3.ClH/c1-25-16-21(11-13-22-14-12-21)20(24)23-15-17-7-9-19(10-8-17)26-18-5-3-2-4-6-18;/h7-10,18,22H,2-6,11-16H2,1H3,(H,23,24);1H. The van der Waals surface area contributed by atoms with E-state index >= 15 is 0 Å². The van der Waals surface area contributed by atoms with Crippen LogP contribution in [0.2, 0.25) is 0 Å². The molecule has 0 atom stereocenters. The zero-order chi connectivity index (χ0) is 18.2. The fraction of sp³-hybridized carbons (Fsp3) is 0.667. The lowest BCUT2D eigenvalue weighted by Crippen LogP contribution is -2.49. The van der Waals surface area contributed by atoms with Gasteiger partial charge in [-0.25, -0.2) is 0 Å². The van der Waals surface area contributed by atoms with Gasteiger partial charge in [-0.2, -0.15) is 0 Å². The topological polar surface area (TPSA) is 59.6 Å². The number of ether oxygens (including phenoxy) is 2. The van der Waals surface area contributed by atoms with Crippen LogP contribution < -0.4 is 15.4 Å². The molecule has 1 saturated carbocycles. The van der Waals surface area contributed by atoms with Gasteiger partial charge < -0.3 is 20.1 Å². The Bertz CT molecular complexity index is 562. The number of halogens is 1. The number of piperidine rings is 1. The molecule has 1 aromatic rings. The van der Waals surface area contributed by atoms with Gasteiger partial charge in [-0.05, 0) is 69.3 Å². The van der Waals surface area contributed by atoms with Crippen molar-refractivity contribution < 1.29 is 14.3 Å². The zero-order valence-corrected chi connectivity index (χ0v) is 17.1. The first kappa shape index (κ1) is 22.0. The lowest BCUT2D eigenvalue weighted by atomic mass is 9.78. The highest BCUT2D eigenvalue weighted by molar-refractivity contribution is 5.85. The van der Waals surface area contributed by atoms with Gasteiger partial charge in [0.1, 0.15) is 5.75 Å². The van der Waals surface area contributed by atoms with E-state index in [2.05, 4.69) is 10.6 Å². The first-order valence-electron chi connectivity index (χ1n) is 9.95. The van der Waals surface area contributed by atoms with Crippen molar-refractivity contribution in [1.29, 1.82) is 0 Å². The number of amides is 1. The van der Waals surface area contributed by atoms with Crippen LogP contribution in [0.1, 0.15) is 50.5 Å². The number of carbonyl (C=O) groups excluding carboxylic acids is 1. The Balaban J connectivity index is 0.00000261. The second-order valence-electron chi connectivity index (χ2n) is 7.67. The van der Waals surface area contributed by atoms with Crippen molar-refractivity contribution >= 4 is 18.3 Å². The average Bonchev–Trinajstić information content (AvgIpc) is 2.69. The zero-order valence-electron chi connectivity index (χ0n) is 16.3. The van der Waals surface area contributed by atoms with Crippen LogP contribution >= 0.6 is 12.4 Å². The number of benzene rings is 1. The Morgan fingerprint density at radius 1 is 1.15 bits per heavy atom. The van der Waals surface area contributed by atoms with Crippen molar-refractivity contribution in [3.63, 3.8) is 0 Å². The Hall–Kier alpha value is -1.30. The van der Waals surface area contributed by atoms with Gasteiger partial charge in [-0.15, -0.1) is 12.4 Å². The molecule has 5 nitrogen and oxygen atoms in total. The summed E-state index contributed by atoms with van der Waals surface area (Å²) in [5.41, 5.74) is 0.695. The van der Waals surface area contributed by atoms with Crippen LogP contribution in [0.5, 0.6) is 5.75 Å². The molecule has 27 heavy (non-hydrogen) atoms. The molecular formula is C21H33ClN2O3. The van der Waals surface area contributed by atoms with Crippen LogP contribution in [0.15, 0.2) is 24.3 Å². The van der Waals surface area contributed by atoms with Crippen molar-refractivity contribution in [2.45, 2.75) is 57.6 Å². The van der Waals surface area contributed by atoms with Crippen molar-refractivity contribution in [1.82, 2.24) is 10.6 Å². The molecule has 1 aromatic carbocycles. The second kappa shape index (κ2) is 10.9. The molecule has 0 bridgehead atoms. The molecule has 0 spiro atoms. The molecule has 1 aliphatic heterocycles. The molecule has 2 N–H and O–H groups in total.